The van der Waals surface area contributed by atoms with Crippen LogP contribution < -0.4 is 10.1 Å². The Morgan fingerprint density at radius 2 is 1.94 bits per heavy atom. The highest BCUT2D eigenvalue weighted by atomic mass is 16.5. The van der Waals surface area contributed by atoms with Crippen molar-refractivity contribution < 1.29 is 38.2 Å². The van der Waals surface area contributed by atoms with E-state index in [1.54, 1.807) is 13.2 Å². The summed E-state index contributed by atoms with van der Waals surface area (Å²) >= 11 is 0. The number of imide groups is 2. The van der Waals surface area contributed by atoms with E-state index in [1.165, 1.54) is 12.1 Å². The molecule has 1 N–H and O–H groups in total. The molecule has 31 heavy (non-hydrogen) atoms. The van der Waals surface area contributed by atoms with Crippen LogP contribution in [0.15, 0.2) is 18.2 Å². The summed E-state index contributed by atoms with van der Waals surface area (Å²) < 4.78 is 15.7. The van der Waals surface area contributed by atoms with Crippen molar-refractivity contribution in [3.8, 4) is 5.75 Å². The molecule has 10 heteroatoms. The maximum Gasteiger partial charge on any atom is 0.266 e. The van der Waals surface area contributed by atoms with Gasteiger partial charge in [0.2, 0.25) is 11.8 Å². The van der Waals surface area contributed by atoms with Crippen molar-refractivity contribution >= 4 is 29.4 Å². The van der Waals surface area contributed by atoms with E-state index in [9.17, 15) is 24.0 Å². The van der Waals surface area contributed by atoms with Gasteiger partial charge in [0.25, 0.3) is 11.8 Å². The van der Waals surface area contributed by atoms with Crippen LogP contribution >= 0.6 is 0 Å². The molecule has 2 aliphatic rings. The average Bonchev–Trinajstić information content (AvgIpc) is 3.00. The van der Waals surface area contributed by atoms with E-state index < -0.39 is 29.7 Å². The summed E-state index contributed by atoms with van der Waals surface area (Å²) in [5.41, 5.74) is 0.124. The number of amides is 4. The number of benzene rings is 1. The third-order valence-electron chi connectivity index (χ3n) is 4.99. The number of fused-ring (bicyclic) bond motifs is 1. The topological polar surface area (TPSA) is 128 Å². The Hall–Kier alpha value is -3.11. The molecule has 10 nitrogen and oxygen atoms in total. The van der Waals surface area contributed by atoms with Crippen LogP contribution in [0.5, 0.6) is 5.75 Å². The van der Waals surface area contributed by atoms with Gasteiger partial charge >= 0.3 is 0 Å². The molecule has 1 saturated heterocycles. The van der Waals surface area contributed by atoms with E-state index in [-0.39, 0.29) is 48.5 Å². The molecule has 1 unspecified atom stereocenters. The maximum absolute atomic E-state index is 12.9. The SMILES string of the molecule is COCCOCCCC(=O)COc1cccc2c1C(=O)N(C1CCC(=O)NC1=O)C2=O. The predicted molar refractivity (Wildman–Crippen MR) is 106 cm³/mol. The molecule has 0 aliphatic carbocycles. The minimum absolute atomic E-state index is 0.0212. The van der Waals surface area contributed by atoms with Crippen LogP contribution in [0, 0.1) is 0 Å². The Bertz CT molecular complexity index is 897. The Morgan fingerprint density at radius 3 is 2.68 bits per heavy atom. The standard InChI is InChI=1S/C21H24N2O8/c1-29-10-11-30-9-3-4-13(24)12-31-16-6-2-5-14-18(16)21(28)23(20(14)27)15-7-8-17(25)22-19(15)26/h2,5-6,15H,3-4,7-12H2,1H3,(H,22,25,26). The van der Waals surface area contributed by atoms with E-state index in [1.807, 2.05) is 0 Å². The van der Waals surface area contributed by atoms with Gasteiger partial charge in [0.05, 0.1) is 24.3 Å². The van der Waals surface area contributed by atoms with E-state index in [4.69, 9.17) is 14.2 Å². The van der Waals surface area contributed by atoms with Crippen LogP contribution in [0.1, 0.15) is 46.4 Å². The number of carbonyl (C=O) groups is 5. The number of nitrogens with one attached hydrogen (secondary N) is 1. The Morgan fingerprint density at radius 1 is 1.13 bits per heavy atom. The molecule has 1 aromatic rings. The van der Waals surface area contributed by atoms with Crippen molar-refractivity contribution in [2.75, 3.05) is 33.5 Å². The van der Waals surface area contributed by atoms with E-state index in [0.717, 1.165) is 4.90 Å². The Labute approximate surface area is 178 Å². The van der Waals surface area contributed by atoms with Gasteiger partial charge < -0.3 is 14.2 Å². The third-order valence-corrected chi connectivity index (χ3v) is 4.99. The number of rotatable bonds is 11. The molecule has 0 bridgehead atoms. The van der Waals surface area contributed by atoms with Crippen LogP contribution in [-0.2, 0) is 23.9 Å². The van der Waals surface area contributed by atoms with Gasteiger partial charge in [0, 0.05) is 26.6 Å². The van der Waals surface area contributed by atoms with Crippen molar-refractivity contribution in [2.45, 2.75) is 31.7 Å². The van der Waals surface area contributed by atoms with Crippen molar-refractivity contribution in [1.82, 2.24) is 10.2 Å². The van der Waals surface area contributed by atoms with E-state index >= 15 is 0 Å². The summed E-state index contributed by atoms with van der Waals surface area (Å²) in [6.45, 7) is 1.11. The molecule has 1 fully saturated rings. The van der Waals surface area contributed by atoms with Gasteiger partial charge in [-0.2, -0.15) is 0 Å². The summed E-state index contributed by atoms with van der Waals surface area (Å²) in [6, 6.07) is 3.45. The fourth-order valence-electron chi connectivity index (χ4n) is 3.45. The number of nitrogens with zero attached hydrogens (tertiary/aromatic N) is 1. The van der Waals surface area contributed by atoms with Gasteiger partial charge in [-0.25, -0.2) is 0 Å². The second-order valence-electron chi connectivity index (χ2n) is 7.16. The van der Waals surface area contributed by atoms with Gasteiger partial charge in [0.15, 0.2) is 5.78 Å². The van der Waals surface area contributed by atoms with E-state index in [2.05, 4.69) is 5.32 Å². The lowest BCUT2D eigenvalue weighted by Gasteiger charge is -2.27. The number of hydrogen-bond acceptors (Lipinski definition) is 8. The van der Waals surface area contributed by atoms with Crippen molar-refractivity contribution in [3.05, 3.63) is 29.3 Å². The van der Waals surface area contributed by atoms with Crippen LogP contribution in [0.25, 0.3) is 0 Å². The van der Waals surface area contributed by atoms with Crippen LogP contribution in [0.4, 0.5) is 0 Å². The summed E-state index contributed by atoms with van der Waals surface area (Å²) in [7, 11) is 1.58. The highest BCUT2D eigenvalue weighted by molar-refractivity contribution is 6.24. The van der Waals surface area contributed by atoms with Gasteiger partial charge in [-0.1, -0.05) is 6.07 Å². The van der Waals surface area contributed by atoms with Crippen molar-refractivity contribution in [3.63, 3.8) is 0 Å². The van der Waals surface area contributed by atoms with Crippen LogP contribution in [0.3, 0.4) is 0 Å². The summed E-state index contributed by atoms with van der Waals surface area (Å²) in [5, 5.41) is 2.15. The minimum Gasteiger partial charge on any atom is -0.485 e. The number of ether oxygens (including phenoxy) is 3. The van der Waals surface area contributed by atoms with Gasteiger partial charge in [-0.3, -0.25) is 34.2 Å². The number of methoxy groups -OCH3 is 1. The normalized spacial score (nSPS) is 18.2. The predicted octanol–water partition coefficient (Wildman–Crippen LogP) is 0.479. The second-order valence-corrected chi connectivity index (χ2v) is 7.16. The number of piperidine rings is 1. The fraction of sp³-hybridized carbons (Fsp3) is 0.476. The van der Waals surface area contributed by atoms with Crippen molar-refractivity contribution in [2.24, 2.45) is 0 Å². The lowest BCUT2D eigenvalue weighted by atomic mass is 10.0. The Balaban J connectivity index is 1.61. The number of hydrogen-bond donors (Lipinski definition) is 1. The maximum atomic E-state index is 12.9. The first kappa shape index (κ1) is 22.6. The highest BCUT2D eigenvalue weighted by Crippen LogP contribution is 2.33. The molecule has 2 heterocycles. The van der Waals surface area contributed by atoms with Crippen molar-refractivity contribution in [1.29, 1.82) is 0 Å². The first-order chi connectivity index (χ1) is 14.9. The minimum atomic E-state index is -1.06. The summed E-state index contributed by atoms with van der Waals surface area (Å²) in [5.74, 6) is -2.49. The molecule has 0 spiro atoms. The largest absolute Gasteiger partial charge is 0.485 e. The molecular weight excluding hydrogens is 408 g/mol. The van der Waals surface area contributed by atoms with Gasteiger partial charge in [-0.15, -0.1) is 0 Å². The lowest BCUT2D eigenvalue weighted by Crippen LogP contribution is -2.54. The molecule has 2 aliphatic heterocycles. The third kappa shape index (κ3) is 5.15. The van der Waals surface area contributed by atoms with Gasteiger partial charge in [-0.05, 0) is 25.0 Å². The lowest BCUT2D eigenvalue weighted by molar-refractivity contribution is -0.136. The monoisotopic (exact) mass is 432 g/mol. The first-order valence-electron chi connectivity index (χ1n) is 9.99. The number of Topliss-reactive ketones (excluding diaryl/α,β-unsaturated/α-hetero) is 1. The van der Waals surface area contributed by atoms with E-state index in [0.29, 0.717) is 26.2 Å². The zero-order chi connectivity index (χ0) is 22.4. The molecule has 0 aromatic heterocycles. The zero-order valence-electron chi connectivity index (χ0n) is 17.2. The zero-order valence-corrected chi connectivity index (χ0v) is 17.2. The summed E-state index contributed by atoms with van der Waals surface area (Å²) in [6.07, 6.45) is 0.880. The summed E-state index contributed by atoms with van der Waals surface area (Å²) in [4.78, 5) is 62.2. The quantitative estimate of drug-likeness (QED) is 0.395. The second kappa shape index (κ2) is 10.3. The van der Waals surface area contributed by atoms with Crippen LogP contribution in [0.2, 0.25) is 0 Å². The van der Waals surface area contributed by atoms with Crippen LogP contribution in [-0.4, -0.2) is 73.9 Å². The highest BCUT2D eigenvalue weighted by Gasteiger charge is 2.46. The first-order valence-corrected chi connectivity index (χ1v) is 9.99. The molecule has 0 saturated carbocycles. The molecule has 1 aromatic carbocycles. The molecule has 0 radical (unpaired) electrons. The molecule has 166 valence electrons. The smallest absolute Gasteiger partial charge is 0.266 e. The molecular formula is C21H24N2O8. The Kier molecular flexibility index (Phi) is 7.48. The average molecular weight is 432 g/mol. The molecule has 4 amide bonds. The fourth-order valence-corrected chi connectivity index (χ4v) is 3.45. The number of carbonyl (C=O) groups excluding carboxylic acids is 5. The number of ketones is 1. The van der Waals surface area contributed by atoms with Gasteiger partial charge in [0.1, 0.15) is 18.4 Å². The molecule has 3 rings (SSSR count). The molecule has 1 atom stereocenters.